The highest BCUT2D eigenvalue weighted by atomic mass is 35.5. The van der Waals surface area contributed by atoms with E-state index in [-0.39, 0.29) is 13.0 Å². The number of nitrogens with one attached hydrogen (secondary N) is 1. The summed E-state index contributed by atoms with van der Waals surface area (Å²) in [6.45, 7) is 3.93. The van der Waals surface area contributed by atoms with Gasteiger partial charge in [-0.05, 0) is 31.0 Å². The molecule has 0 aliphatic carbocycles. The highest BCUT2D eigenvalue weighted by Gasteiger charge is 2.42. The molecule has 0 amide bonds. The molecule has 7 heteroatoms. The quantitative estimate of drug-likeness (QED) is 0.918. The average molecular weight is 322 g/mol. The molecule has 1 aliphatic rings. The first kappa shape index (κ1) is 16.4. The standard InChI is InChI=1S/C14H19ClF3N3/c1-2-19-7-10-6-13(20-8-12(10)15)21-5-3-4-11(9-21)14(16,17)18/h6,8,11,19H,2-5,7,9H2,1H3. The predicted molar refractivity (Wildman–Crippen MR) is 77.6 cm³/mol. The monoisotopic (exact) mass is 321 g/mol. The van der Waals surface area contributed by atoms with Gasteiger partial charge in [-0.3, -0.25) is 0 Å². The summed E-state index contributed by atoms with van der Waals surface area (Å²) >= 11 is 6.07. The smallest absolute Gasteiger partial charge is 0.356 e. The Kier molecular flexibility index (Phi) is 5.32. The first-order valence-electron chi connectivity index (χ1n) is 7.08. The van der Waals surface area contributed by atoms with Gasteiger partial charge in [-0.2, -0.15) is 13.2 Å². The van der Waals surface area contributed by atoms with E-state index in [0.717, 1.165) is 12.1 Å². The van der Waals surface area contributed by atoms with E-state index in [0.29, 0.717) is 30.4 Å². The van der Waals surface area contributed by atoms with Crippen molar-refractivity contribution in [1.82, 2.24) is 10.3 Å². The van der Waals surface area contributed by atoms with E-state index in [4.69, 9.17) is 11.6 Å². The van der Waals surface area contributed by atoms with Gasteiger partial charge in [-0.25, -0.2) is 4.98 Å². The van der Waals surface area contributed by atoms with Crippen molar-refractivity contribution in [3.63, 3.8) is 0 Å². The number of hydrogen-bond acceptors (Lipinski definition) is 3. The first-order chi connectivity index (χ1) is 9.91. The Bertz CT molecular complexity index is 479. The normalized spacial score (nSPS) is 19.9. The molecule has 1 atom stereocenters. The summed E-state index contributed by atoms with van der Waals surface area (Å²) in [4.78, 5) is 5.89. The van der Waals surface area contributed by atoms with Crippen LogP contribution in [0.1, 0.15) is 25.3 Å². The maximum atomic E-state index is 12.9. The van der Waals surface area contributed by atoms with Crippen molar-refractivity contribution in [2.45, 2.75) is 32.5 Å². The molecule has 0 saturated carbocycles. The lowest BCUT2D eigenvalue weighted by atomic mass is 9.97. The molecule has 0 bridgehead atoms. The fraction of sp³-hybridized carbons (Fsp3) is 0.643. The Morgan fingerprint density at radius 3 is 2.90 bits per heavy atom. The molecule has 0 radical (unpaired) electrons. The molecule has 1 fully saturated rings. The van der Waals surface area contributed by atoms with E-state index < -0.39 is 12.1 Å². The Morgan fingerprint density at radius 2 is 2.24 bits per heavy atom. The van der Waals surface area contributed by atoms with Crippen LogP contribution in [-0.4, -0.2) is 30.8 Å². The number of rotatable bonds is 4. The van der Waals surface area contributed by atoms with Crippen LogP contribution in [0.15, 0.2) is 12.3 Å². The molecule has 3 nitrogen and oxygen atoms in total. The minimum absolute atomic E-state index is 0.0290. The summed E-state index contributed by atoms with van der Waals surface area (Å²) in [7, 11) is 0. The SMILES string of the molecule is CCNCc1cc(N2CCCC(C(F)(F)F)C2)ncc1Cl. The Morgan fingerprint density at radius 1 is 1.48 bits per heavy atom. The van der Waals surface area contributed by atoms with Crippen LogP contribution in [0, 0.1) is 5.92 Å². The predicted octanol–water partition coefficient (Wildman–Crippen LogP) is 3.62. The average Bonchev–Trinajstić information content (AvgIpc) is 2.46. The zero-order valence-electron chi connectivity index (χ0n) is 11.9. The lowest BCUT2D eigenvalue weighted by Gasteiger charge is -2.34. The molecule has 1 aromatic rings. The van der Waals surface area contributed by atoms with Crippen molar-refractivity contribution in [2.75, 3.05) is 24.5 Å². The van der Waals surface area contributed by atoms with Crippen LogP contribution in [0.2, 0.25) is 5.02 Å². The van der Waals surface area contributed by atoms with Gasteiger partial charge < -0.3 is 10.2 Å². The third-order valence-electron chi connectivity index (χ3n) is 3.69. The molecule has 118 valence electrons. The van der Waals surface area contributed by atoms with Crippen LogP contribution in [0.5, 0.6) is 0 Å². The summed E-state index contributed by atoms with van der Waals surface area (Å²) < 4.78 is 38.6. The van der Waals surface area contributed by atoms with E-state index in [1.54, 1.807) is 11.0 Å². The van der Waals surface area contributed by atoms with Gasteiger partial charge in [-0.15, -0.1) is 0 Å². The number of pyridine rings is 1. The Balaban J connectivity index is 2.13. The second-order valence-electron chi connectivity index (χ2n) is 5.24. The number of halogens is 4. The lowest BCUT2D eigenvalue weighted by Crippen LogP contribution is -2.42. The van der Waals surface area contributed by atoms with E-state index in [2.05, 4.69) is 10.3 Å². The van der Waals surface area contributed by atoms with E-state index >= 15 is 0 Å². The Labute approximate surface area is 127 Å². The maximum absolute atomic E-state index is 12.9. The second-order valence-corrected chi connectivity index (χ2v) is 5.65. The summed E-state index contributed by atoms with van der Waals surface area (Å²) in [5.74, 6) is -0.706. The fourth-order valence-corrected chi connectivity index (χ4v) is 2.66. The molecule has 1 aliphatic heterocycles. The van der Waals surface area contributed by atoms with Crippen LogP contribution in [0.25, 0.3) is 0 Å². The zero-order chi connectivity index (χ0) is 15.5. The van der Waals surface area contributed by atoms with Gasteiger partial charge in [0.15, 0.2) is 0 Å². The first-order valence-corrected chi connectivity index (χ1v) is 7.46. The van der Waals surface area contributed by atoms with Crippen LogP contribution < -0.4 is 10.2 Å². The van der Waals surface area contributed by atoms with Crippen molar-refractivity contribution in [2.24, 2.45) is 5.92 Å². The molecule has 21 heavy (non-hydrogen) atoms. The van der Waals surface area contributed by atoms with Gasteiger partial charge in [0, 0.05) is 25.8 Å². The number of hydrogen-bond donors (Lipinski definition) is 1. The molecule has 1 unspecified atom stereocenters. The highest BCUT2D eigenvalue weighted by molar-refractivity contribution is 6.31. The molecule has 0 aromatic carbocycles. The van der Waals surface area contributed by atoms with Gasteiger partial charge >= 0.3 is 6.18 Å². The van der Waals surface area contributed by atoms with Gasteiger partial charge in [-0.1, -0.05) is 18.5 Å². The van der Waals surface area contributed by atoms with E-state index in [1.165, 1.54) is 6.20 Å². The molecule has 1 saturated heterocycles. The third-order valence-corrected chi connectivity index (χ3v) is 4.03. The highest BCUT2D eigenvalue weighted by Crippen LogP contribution is 2.34. The molecule has 2 rings (SSSR count). The largest absolute Gasteiger partial charge is 0.393 e. The molecule has 1 N–H and O–H groups in total. The van der Waals surface area contributed by atoms with Gasteiger partial charge in [0.25, 0.3) is 0 Å². The van der Waals surface area contributed by atoms with Crippen molar-refractivity contribution < 1.29 is 13.2 Å². The van der Waals surface area contributed by atoms with Gasteiger partial charge in [0.1, 0.15) is 5.82 Å². The van der Waals surface area contributed by atoms with Crippen molar-refractivity contribution in [3.8, 4) is 0 Å². The summed E-state index contributed by atoms with van der Waals surface area (Å²) in [6.07, 6.45) is -1.91. The molecular weight excluding hydrogens is 303 g/mol. The van der Waals surface area contributed by atoms with Gasteiger partial charge in [0.05, 0.1) is 10.9 Å². The number of aromatic nitrogens is 1. The topological polar surface area (TPSA) is 28.2 Å². The minimum atomic E-state index is -4.14. The van der Waals surface area contributed by atoms with E-state index in [9.17, 15) is 13.2 Å². The fourth-order valence-electron chi connectivity index (χ4n) is 2.49. The zero-order valence-corrected chi connectivity index (χ0v) is 12.6. The molecular formula is C14H19ClF3N3. The molecule has 1 aromatic heterocycles. The lowest BCUT2D eigenvalue weighted by molar-refractivity contribution is -0.176. The number of anilines is 1. The van der Waals surface area contributed by atoms with E-state index in [1.807, 2.05) is 6.92 Å². The second kappa shape index (κ2) is 6.83. The van der Waals surface area contributed by atoms with Crippen LogP contribution in [0.3, 0.4) is 0 Å². The van der Waals surface area contributed by atoms with Crippen molar-refractivity contribution >= 4 is 17.4 Å². The Hall–Kier alpha value is -1.01. The molecule has 0 spiro atoms. The van der Waals surface area contributed by atoms with Crippen molar-refractivity contribution in [3.05, 3.63) is 22.8 Å². The summed E-state index contributed by atoms with van der Waals surface area (Å²) in [5, 5.41) is 3.69. The molecule has 2 heterocycles. The van der Waals surface area contributed by atoms with Crippen LogP contribution in [-0.2, 0) is 6.54 Å². The summed E-state index contributed by atoms with van der Waals surface area (Å²) in [6, 6.07) is 1.78. The minimum Gasteiger partial charge on any atom is -0.356 e. The number of alkyl halides is 3. The van der Waals surface area contributed by atoms with Crippen LogP contribution >= 0.6 is 11.6 Å². The van der Waals surface area contributed by atoms with Crippen LogP contribution in [0.4, 0.5) is 19.0 Å². The van der Waals surface area contributed by atoms with Crippen molar-refractivity contribution in [1.29, 1.82) is 0 Å². The third kappa shape index (κ3) is 4.23. The summed E-state index contributed by atoms with van der Waals surface area (Å²) in [5.41, 5.74) is 0.859. The number of nitrogens with zero attached hydrogens (tertiary/aromatic N) is 2. The maximum Gasteiger partial charge on any atom is 0.393 e. The van der Waals surface area contributed by atoms with Gasteiger partial charge in [0.2, 0.25) is 0 Å². The number of piperidine rings is 1.